The van der Waals surface area contributed by atoms with Crippen molar-refractivity contribution in [3.63, 3.8) is 0 Å². The number of ether oxygens (including phenoxy) is 3. The number of carbonyl (C=O) groups is 1. The van der Waals surface area contributed by atoms with Gasteiger partial charge in [0, 0.05) is 5.56 Å². The minimum absolute atomic E-state index is 0.199. The maximum absolute atomic E-state index is 13.3. The molecule has 5 nitrogen and oxygen atoms in total. The Labute approximate surface area is 179 Å². The van der Waals surface area contributed by atoms with Crippen LogP contribution in [0.1, 0.15) is 22.3 Å². The van der Waals surface area contributed by atoms with E-state index in [-0.39, 0.29) is 24.0 Å². The van der Waals surface area contributed by atoms with E-state index in [0.717, 1.165) is 11.1 Å². The van der Waals surface area contributed by atoms with Crippen LogP contribution in [0.2, 0.25) is 0 Å². The number of methoxy groups -OCH3 is 1. The molecule has 0 aromatic heterocycles. The van der Waals surface area contributed by atoms with Crippen molar-refractivity contribution in [1.82, 2.24) is 0 Å². The molecule has 1 heterocycles. The predicted molar refractivity (Wildman–Crippen MR) is 116 cm³/mol. The van der Waals surface area contributed by atoms with Gasteiger partial charge in [-0.15, -0.1) is 0 Å². The second kappa shape index (κ2) is 8.83. The highest BCUT2D eigenvalue weighted by Gasteiger charge is 2.24. The highest BCUT2D eigenvalue weighted by atomic mass is 19.1. The summed E-state index contributed by atoms with van der Waals surface area (Å²) >= 11 is 0. The molecular formula is C25H20FNO4. The predicted octanol–water partition coefficient (Wildman–Crippen LogP) is 5.07. The zero-order chi connectivity index (χ0) is 21.8. The molecule has 3 aromatic carbocycles. The lowest BCUT2D eigenvalue weighted by Gasteiger charge is -2.11. The Balaban J connectivity index is 1.53. The van der Waals surface area contributed by atoms with Crippen LogP contribution >= 0.6 is 0 Å². The number of carbonyl (C=O) groups excluding carboxylic acids is 1. The molecule has 0 unspecified atom stereocenters. The second-order valence-electron chi connectivity index (χ2n) is 7.03. The summed E-state index contributed by atoms with van der Waals surface area (Å²) in [5.41, 5.74) is 3.46. The SMILES string of the molecule is COc1cc(/C=C2\N=C(c3ccc(C)cc3)OC2=O)ccc1OCc1cccc(F)c1. The van der Waals surface area contributed by atoms with Crippen molar-refractivity contribution in [2.45, 2.75) is 13.5 Å². The molecule has 0 bridgehead atoms. The highest BCUT2D eigenvalue weighted by Crippen LogP contribution is 2.30. The molecule has 4 rings (SSSR count). The van der Waals surface area contributed by atoms with E-state index >= 15 is 0 Å². The van der Waals surface area contributed by atoms with E-state index in [1.54, 1.807) is 36.4 Å². The maximum Gasteiger partial charge on any atom is 0.363 e. The Hall–Kier alpha value is -3.93. The fourth-order valence-electron chi connectivity index (χ4n) is 3.07. The molecule has 0 N–H and O–H groups in total. The van der Waals surface area contributed by atoms with Crippen LogP contribution in [0.3, 0.4) is 0 Å². The van der Waals surface area contributed by atoms with Gasteiger partial charge in [0.05, 0.1) is 7.11 Å². The van der Waals surface area contributed by atoms with E-state index in [0.29, 0.717) is 22.6 Å². The van der Waals surface area contributed by atoms with Crippen molar-refractivity contribution >= 4 is 17.9 Å². The molecule has 156 valence electrons. The van der Waals surface area contributed by atoms with Gasteiger partial charge in [-0.05, 0) is 60.5 Å². The number of rotatable bonds is 6. The van der Waals surface area contributed by atoms with E-state index in [1.807, 2.05) is 31.2 Å². The van der Waals surface area contributed by atoms with Gasteiger partial charge < -0.3 is 14.2 Å². The molecule has 0 spiro atoms. The van der Waals surface area contributed by atoms with Crippen LogP contribution in [0.25, 0.3) is 6.08 Å². The molecule has 0 radical (unpaired) electrons. The lowest BCUT2D eigenvalue weighted by Crippen LogP contribution is -2.05. The molecule has 0 atom stereocenters. The summed E-state index contributed by atoms with van der Waals surface area (Å²) in [6.07, 6.45) is 1.63. The van der Waals surface area contributed by atoms with Crippen LogP contribution in [0, 0.1) is 12.7 Å². The molecular weight excluding hydrogens is 397 g/mol. The molecule has 1 aliphatic rings. The zero-order valence-electron chi connectivity index (χ0n) is 17.1. The Morgan fingerprint density at radius 2 is 1.84 bits per heavy atom. The molecule has 0 saturated heterocycles. The number of aryl methyl sites for hydroxylation is 1. The van der Waals surface area contributed by atoms with Gasteiger partial charge in [0.1, 0.15) is 12.4 Å². The highest BCUT2D eigenvalue weighted by molar-refractivity contribution is 6.12. The summed E-state index contributed by atoms with van der Waals surface area (Å²) in [6.45, 7) is 2.18. The number of hydrogen-bond acceptors (Lipinski definition) is 5. The number of benzene rings is 3. The number of halogens is 1. The van der Waals surface area contributed by atoms with E-state index < -0.39 is 5.97 Å². The number of nitrogens with zero attached hydrogens (tertiary/aromatic N) is 1. The van der Waals surface area contributed by atoms with Crippen molar-refractivity contribution in [3.05, 3.63) is 100 Å². The third kappa shape index (κ3) is 4.80. The molecule has 0 aliphatic carbocycles. The van der Waals surface area contributed by atoms with E-state index in [1.165, 1.54) is 19.2 Å². The number of cyclic esters (lactones) is 1. The standard InChI is InChI=1S/C25H20FNO4/c1-16-6-9-19(10-7-16)24-27-21(25(28)31-24)13-17-8-11-22(23(14-17)29-2)30-15-18-4-3-5-20(26)12-18/h3-14H,15H2,1-2H3/b21-13-. The maximum atomic E-state index is 13.3. The Morgan fingerprint density at radius 1 is 1.03 bits per heavy atom. The molecule has 0 amide bonds. The normalized spacial score (nSPS) is 14.4. The number of aliphatic imine (C=N–C) groups is 1. The van der Waals surface area contributed by atoms with Gasteiger partial charge in [0.2, 0.25) is 5.90 Å². The quantitative estimate of drug-likeness (QED) is 0.415. The largest absolute Gasteiger partial charge is 0.493 e. The van der Waals surface area contributed by atoms with Crippen molar-refractivity contribution in [2.24, 2.45) is 4.99 Å². The third-order valence-corrected chi connectivity index (χ3v) is 4.69. The van der Waals surface area contributed by atoms with Gasteiger partial charge in [-0.3, -0.25) is 0 Å². The Bertz CT molecular complexity index is 1180. The molecule has 6 heteroatoms. The lowest BCUT2D eigenvalue weighted by molar-refractivity contribution is -0.129. The first-order valence-corrected chi connectivity index (χ1v) is 9.67. The zero-order valence-corrected chi connectivity index (χ0v) is 17.1. The van der Waals surface area contributed by atoms with Crippen LogP contribution in [0.5, 0.6) is 11.5 Å². The first kappa shape index (κ1) is 20.3. The average Bonchev–Trinajstić information content (AvgIpc) is 3.13. The van der Waals surface area contributed by atoms with Crippen LogP contribution in [-0.2, 0) is 16.1 Å². The van der Waals surface area contributed by atoms with Crippen molar-refractivity contribution in [2.75, 3.05) is 7.11 Å². The van der Waals surface area contributed by atoms with Crippen molar-refractivity contribution in [3.8, 4) is 11.5 Å². The van der Waals surface area contributed by atoms with Crippen LogP contribution in [0.4, 0.5) is 4.39 Å². The van der Waals surface area contributed by atoms with Crippen molar-refractivity contribution < 1.29 is 23.4 Å². The summed E-state index contributed by atoms with van der Waals surface area (Å²) in [5.74, 6) is 0.440. The molecule has 31 heavy (non-hydrogen) atoms. The fourth-order valence-corrected chi connectivity index (χ4v) is 3.07. The first-order chi connectivity index (χ1) is 15.0. The van der Waals surface area contributed by atoms with Crippen molar-refractivity contribution in [1.29, 1.82) is 0 Å². The molecule has 3 aromatic rings. The van der Waals surface area contributed by atoms with E-state index in [9.17, 15) is 9.18 Å². The monoisotopic (exact) mass is 417 g/mol. The first-order valence-electron chi connectivity index (χ1n) is 9.67. The lowest BCUT2D eigenvalue weighted by atomic mass is 10.1. The summed E-state index contributed by atoms with van der Waals surface area (Å²) < 4.78 is 29.8. The van der Waals surface area contributed by atoms with E-state index in [4.69, 9.17) is 14.2 Å². The smallest absolute Gasteiger partial charge is 0.363 e. The number of esters is 1. The van der Waals surface area contributed by atoms with Gasteiger partial charge >= 0.3 is 5.97 Å². The topological polar surface area (TPSA) is 57.1 Å². The Kier molecular flexibility index (Phi) is 5.80. The molecule has 1 aliphatic heterocycles. The van der Waals surface area contributed by atoms with Gasteiger partial charge in [0.15, 0.2) is 17.2 Å². The fraction of sp³-hybridized carbons (Fsp3) is 0.120. The molecule has 0 fully saturated rings. The Morgan fingerprint density at radius 3 is 2.58 bits per heavy atom. The van der Waals surface area contributed by atoms with Gasteiger partial charge in [-0.25, -0.2) is 14.2 Å². The van der Waals surface area contributed by atoms with Crippen LogP contribution in [0.15, 0.2) is 77.4 Å². The number of hydrogen-bond donors (Lipinski definition) is 0. The van der Waals surface area contributed by atoms with Crippen LogP contribution < -0.4 is 9.47 Å². The van der Waals surface area contributed by atoms with Gasteiger partial charge in [-0.2, -0.15) is 0 Å². The molecule has 0 saturated carbocycles. The minimum atomic E-state index is -0.513. The van der Waals surface area contributed by atoms with E-state index in [2.05, 4.69) is 4.99 Å². The summed E-state index contributed by atoms with van der Waals surface area (Å²) in [6, 6.07) is 19.0. The third-order valence-electron chi connectivity index (χ3n) is 4.69. The summed E-state index contributed by atoms with van der Waals surface area (Å²) in [5, 5.41) is 0. The van der Waals surface area contributed by atoms with Crippen LogP contribution in [-0.4, -0.2) is 19.0 Å². The summed E-state index contributed by atoms with van der Waals surface area (Å²) in [7, 11) is 1.53. The average molecular weight is 417 g/mol. The van der Waals surface area contributed by atoms with Gasteiger partial charge in [-0.1, -0.05) is 35.9 Å². The minimum Gasteiger partial charge on any atom is -0.493 e. The summed E-state index contributed by atoms with van der Waals surface area (Å²) in [4.78, 5) is 16.6. The van der Waals surface area contributed by atoms with Gasteiger partial charge in [0.25, 0.3) is 0 Å². The second-order valence-corrected chi connectivity index (χ2v) is 7.03.